The third-order valence-corrected chi connectivity index (χ3v) is 8.79. The molecule has 0 bridgehead atoms. The predicted octanol–water partition coefficient (Wildman–Crippen LogP) is 3.69. The van der Waals surface area contributed by atoms with Crippen LogP contribution in [0.4, 0.5) is 5.69 Å². The largest absolute Gasteiger partial charge is 0.356 e. The molecule has 8 nitrogen and oxygen atoms in total. The number of aryl methyl sites for hydroxylation is 2. The summed E-state index contributed by atoms with van der Waals surface area (Å²) in [4.78, 5) is 30.5. The molecule has 0 unspecified atom stereocenters. The van der Waals surface area contributed by atoms with Gasteiger partial charge in [0.05, 0.1) is 5.92 Å². The minimum Gasteiger partial charge on any atom is -0.356 e. The fourth-order valence-corrected chi connectivity index (χ4v) is 6.20. The van der Waals surface area contributed by atoms with Crippen LogP contribution in [0.15, 0.2) is 35.4 Å². The van der Waals surface area contributed by atoms with Crippen molar-refractivity contribution in [3.05, 3.63) is 47.3 Å². The smallest absolute Gasteiger partial charge is 0.270 e. The second kappa shape index (κ2) is 10.3. The van der Waals surface area contributed by atoms with Crippen molar-refractivity contribution in [1.82, 2.24) is 14.2 Å². The van der Waals surface area contributed by atoms with Crippen LogP contribution in [0.5, 0.6) is 0 Å². The number of nitrogens with zero attached hydrogens (tertiary/aromatic N) is 2. The van der Waals surface area contributed by atoms with E-state index in [9.17, 15) is 18.0 Å². The molecule has 2 N–H and O–H groups in total. The lowest BCUT2D eigenvalue weighted by Crippen LogP contribution is -2.43. The highest BCUT2D eigenvalue weighted by atomic mass is 32.2. The Morgan fingerprint density at radius 1 is 0.971 bits per heavy atom. The normalized spacial score (nSPS) is 20.1. The van der Waals surface area contributed by atoms with Crippen LogP contribution in [0.1, 0.15) is 60.1 Å². The lowest BCUT2D eigenvalue weighted by atomic mass is 9.98. The zero-order valence-electron chi connectivity index (χ0n) is 20.0. The molecular formula is C25H34N4O4S. The van der Waals surface area contributed by atoms with Crippen LogP contribution in [-0.4, -0.2) is 60.6 Å². The van der Waals surface area contributed by atoms with Crippen LogP contribution in [0.3, 0.4) is 0 Å². The van der Waals surface area contributed by atoms with Gasteiger partial charge < -0.3 is 15.2 Å². The number of benzene rings is 1. The topological polar surface area (TPSA) is 103 Å². The van der Waals surface area contributed by atoms with Crippen molar-refractivity contribution in [2.24, 2.45) is 5.92 Å². The SMILES string of the molecule is Cc1ccc(NC(=O)[C@@H]2CCCN(S(=O)(=O)c3c[nH]c(C(=O)N4CCCCCC4)c3)C2)cc1C. The summed E-state index contributed by atoms with van der Waals surface area (Å²) in [5.74, 6) is -0.760. The molecule has 1 aromatic heterocycles. The second-order valence-electron chi connectivity index (χ2n) is 9.45. The molecule has 2 fully saturated rings. The molecule has 34 heavy (non-hydrogen) atoms. The number of likely N-dealkylation sites (tertiary alicyclic amines) is 1. The number of piperidine rings is 1. The number of carbonyl (C=O) groups excluding carboxylic acids is 2. The van der Waals surface area contributed by atoms with Gasteiger partial charge in [0.2, 0.25) is 15.9 Å². The molecule has 4 rings (SSSR count). The third kappa shape index (κ3) is 5.36. The second-order valence-corrected chi connectivity index (χ2v) is 11.4. The van der Waals surface area contributed by atoms with Gasteiger partial charge in [0, 0.05) is 38.1 Å². The molecule has 0 radical (unpaired) electrons. The quantitative estimate of drug-likeness (QED) is 0.673. The monoisotopic (exact) mass is 486 g/mol. The Labute approximate surface area is 201 Å². The number of amides is 2. The molecule has 2 aliphatic rings. The third-order valence-electron chi connectivity index (χ3n) is 6.95. The van der Waals surface area contributed by atoms with Gasteiger partial charge in [0.1, 0.15) is 10.6 Å². The number of sulfonamides is 1. The van der Waals surface area contributed by atoms with Gasteiger partial charge in [-0.25, -0.2) is 8.42 Å². The summed E-state index contributed by atoms with van der Waals surface area (Å²) in [5.41, 5.74) is 3.24. The number of hydrogen-bond acceptors (Lipinski definition) is 4. The number of hydrogen-bond donors (Lipinski definition) is 2. The average Bonchev–Trinajstić information content (AvgIpc) is 3.18. The molecule has 0 saturated carbocycles. The minimum atomic E-state index is -3.81. The van der Waals surface area contributed by atoms with Gasteiger partial charge in [-0.1, -0.05) is 18.9 Å². The first-order valence-electron chi connectivity index (χ1n) is 12.1. The lowest BCUT2D eigenvalue weighted by Gasteiger charge is -2.31. The van der Waals surface area contributed by atoms with Crippen molar-refractivity contribution in [2.45, 2.75) is 57.3 Å². The van der Waals surface area contributed by atoms with Crippen molar-refractivity contribution in [3.63, 3.8) is 0 Å². The Bertz CT molecular complexity index is 1150. The standard InChI is InChI=1S/C25H34N4O4S/c1-18-9-10-21(14-19(18)2)27-24(30)20-8-7-13-29(17-20)34(32,33)22-15-23(26-16-22)25(31)28-11-5-3-4-6-12-28/h9-10,14-16,20,26H,3-8,11-13,17H2,1-2H3,(H,27,30)/t20-/m1/s1. The highest BCUT2D eigenvalue weighted by molar-refractivity contribution is 7.89. The Morgan fingerprint density at radius 3 is 2.41 bits per heavy atom. The first kappa shape index (κ1) is 24.5. The van der Waals surface area contributed by atoms with Crippen molar-refractivity contribution >= 4 is 27.5 Å². The lowest BCUT2D eigenvalue weighted by molar-refractivity contribution is -0.120. The summed E-state index contributed by atoms with van der Waals surface area (Å²) < 4.78 is 28.0. The van der Waals surface area contributed by atoms with Gasteiger partial charge in [-0.15, -0.1) is 0 Å². The number of carbonyl (C=O) groups is 2. The van der Waals surface area contributed by atoms with Crippen molar-refractivity contribution in [3.8, 4) is 0 Å². The Kier molecular flexibility index (Phi) is 7.42. The molecule has 0 aliphatic carbocycles. The fraction of sp³-hybridized carbons (Fsp3) is 0.520. The summed E-state index contributed by atoms with van der Waals surface area (Å²) in [6.45, 7) is 5.88. The summed E-state index contributed by atoms with van der Waals surface area (Å²) in [6, 6.07) is 7.17. The van der Waals surface area contributed by atoms with Crippen LogP contribution >= 0.6 is 0 Å². The van der Waals surface area contributed by atoms with Gasteiger partial charge in [-0.3, -0.25) is 9.59 Å². The summed E-state index contributed by atoms with van der Waals surface area (Å²) in [5, 5.41) is 2.94. The zero-order valence-corrected chi connectivity index (χ0v) is 20.8. The van der Waals surface area contributed by atoms with Crippen LogP contribution in [0, 0.1) is 19.8 Å². The summed E-state index contributed by atoms with van der Waals surface area (Å²) in [7, 11) is -3.81. The van der Waals surface area contributed by atoms with Crippen LogP contribution < -0.4 is 5.32 Å². The van der Waals surface area contributed by atoms with Crippen LogP contribution in [0.25, 0.3) is 0 Å². The number of nitrogens with one attached hydrogen (secondary N) is 2. The van der Waals surface area contributed by atoms with Gasteiger partial charge in [0.15, 0.2) is 0 Å². The van der Waals surface area contributed by atoms with Gasteiger partial charge >= 0.3 is 0 Å². The highest BCUT2D eigenvalue weighted by Gasteiger charge is 2.34. The van der Waals surface area contributed by atoms with Crippen molar-refractivity contribution < 1.29 is 18.0 Å². The molecule has 1 aromatic carbocycles. The molecular weight excluding hydrogens is 452 g/mol. The Hall–Kier alpha value is -2.65. The molecule has 2 aliphatic heterocycles. The molecule has 3 heterocycles. The average molecular weight is 487 g/mol. The number of aromatic amines is 1. The van der Waals surface area contributed by atoms with E-state index in [-0.39, 0.29) is 23.3 Å². The van der Waals surface area contributed by atoms with Gasteiger partial charge in [-0.05, 0) is 68.9 Å². The van der Waals surface area contributed by atoms with E-state index in [0.29, 0.717) is 38.2 Å². The van der Waals surface area contributed by atoms with E-state index in [4.69, 9.17) is 0 Å². The number of rotatable bonds is 5. The molecule has 1 atom stereocenters. The summed E-state index contributed by atoms with van der Waals surface area (Å²) in [6.07, 6.45) is 6.79. The molecule has 2 saturated heterocycles. The van der Waals surface area contributed by atoms with Crippen LogP contribution in [-0.2, 0) is 14.8 Å². The first-order valence-corrected chi connectivity index (χ1v) is 13.6. The first-order chi connectivity index (χ1) is 16.3. The highest BCUT2D eigenvalue weighted by Crippen LogP contribution is 2.26. The predicted molar refractivity (Wildman–Crippen MR) is 131 cm³/mol. The van der Waals surface area contributed by atoms with E-state index in [1.54, 1.807) is 4.90 Å². The molecule has 0 spiro atoms. The van der Waals surface area contributed by atoms with E-state index in [1.807, 2.05) is 32.0 Å². The maximum absolute atomic E-state index is 13.3. The Balaban J connectivity index is 1.43. The van der Waals surface area contributed by atoms with E-state index in [1.165, 1.54) is 16.6 Å². The minimum absolute atomic E-state index is 0.0703. The maximum atomic E-state index is 13.3. The van der Waals surface area contributed by atoms with E-state index >= 15 is 0 Å². The summed E-state index contributed by atoms with van der Waals surface area (Å²) >= 11 is 0. The van der Waals surface area contributed by atoms with Crippen molar-refractivity contribution in [1.29, 1.82) is 0 Å². The number of aromatic nitrogens is 1. The number of H-pyrrole nitrogens is 1. The zero-order chi connectivity index (χ0) is 24.3. The number of anilines is 1. The maximum Gasteiger partial charge on any atom is 0.270 e. The van der Waals surface area contributed by atoms with E-state index in [2.05, 4.69) is 10.3 Å². The van der Waals surface area contributed by atoms with E-state index < -0.39 is 15.9 Å². The molecule has 184 valence electrons. The molecule has 2 aromatic rings. The van der Waals surface area contributed by atoms with Crippen molar-refractivity contribution in [2.75, 3.05) is 31.5 Å². The molecule has 2 amide bonds. The van der Waals surface area contributed by atoms with E-state index in [0.717, 1.165) is 42.5 Å². The van der Waals surface area contributed by atoms with Gasteiger partial charge in [0.25, 0.3) is 5.91 Å². The van der Waals surface area contributed by atoms with Gasteiger partial charge in [-0.2, -0.15) is 4.31 Å². The van der Waals surface area contributed by atoms with Crippen LogP contribution in [0.2, 0.25) is 0 Å². The Morgan fingerprint density at radius 2 is 1.71 bits per heavy atom. The molecule has 9 heteroatoms. The fourth-order valence-electron chi connectivity index (χ4n) is 4.68.